The van der Waals surface area contributed by atoms with Gasteiger partial charge in [-0.2, -0.15) is 0 Å². The van der Waals surface area contributed by atoms with E-state index in [1.165, 1.54) is 4.90 Å². The number of primary amides is 1. The monoisotopic (exact) mass is 517 g/mol. The SMILES string of the molecule is CC(C)(C)OC(=O)N1CCCOC(C(=O)NC(Cc2ccc(B3OC(C)(C)C(C)(C)O3)cc2)C(N)=O)C1. The van der Waals surface area contributed by atoms with Gasteiger partial charge >= 0.3 is 13.2 Å². The number of nitrogens with one attached hydrogen (secondary N) is 1. The van der Waals surface area contributed by atoms with Crippen LogP contribution in [0, 0.1) is 0 Å². The van der Waals surface area contributed by atoms with Crippen molar-refractivity contribution in [3.63, 3.8) is 0 Å². The fourth-order valence-corrected chi connectivity index (χ4v) is 3.99. The zero-order chi connectivity index (χ0) is 27.6. The molecule has 2 heterocycles. The molecule has 2 saturated heterocycles. The zero-order valence-corrected chi connectivity index (χ0v) is 23.0. The third-order valence-corrected chi connectivity index (χ3v) is 6.83. The lowest BCUT2D eigenvalue weighted by atomic mass is 9.78. The molecule has 3 rings (SSSR count). The van der Waals surface area contributed by atoms with Gasteiger partial charge in [-0.3, -0.25) is 9.59 Å². The molecule has 2 fully saturated rings. The molecule has 0 saturated carbocycles. The maximum atomic E-state index is 13.0. The summed E-state index contributed by atoms with van der Waals surface area (Å²) in [4.78, 5) is 39.2. The van der Waals surface area contributed by atoms with Crippen molar-refractivity contribution in [2.45, 2.75) is 90.3 Å². The average Bonchev–Trinajstić information content (AvgIpc) is 2.94. The fraction of sp³-hybridized carbons (Fsp3) is 0.654. The number of hydrogen-bond donors (Lipinski definition) is 2. The summed E-state index contributed by atoms with van der Waals surface area (Å²) in [6.45, 7) is 14.0. The molecule has 2 aliphatic heterocycles. The van der Waals surface area contributed by atoms with Crippen molar-refractivity contribution in [1.29, 1.82) is 0 Å². The van der Waals surface area contributed by atoms with Crippen LogP contribution in [0.4, 0.5) is 4.79 Å². The van der Waals surface area contributed by atoms with E-state index >= 15 is 0 Å². The van der Waals surface area contributed by atoms with Crippen molar-refractivity contribution >= 4 is 30.5 Å². The highest BCUT2D eigenvalue weighted by Gasteiger charge is 2.51. The quantitative estimate of drug-likeness (QED) is 0.548. The Kier molecular flexibility index (Phi) is 8.61. The fourth-order valence-electron chi connectivity index (χ4n) is 3.99. The Balaban J connectivity index is 1.62. The Bertz CT molecular complexity index is 975. The average molecular weight is 517 g/mol. The van der Waals surface area contributed by atoms with Gasteiger partial charge in [0.1, 0.15) is 11.6 Å². The second-order valence-electron chi connectivity index (χ2n) is 11.6. The van der Waals surface area contributed by atoms with Crippen molar-refractivity contribution in [3.05, 3.63) is 29.8 Å². The lowest BCUT2D eigenvalue weighted by Crippen LogP contribution is -2.52. The Morgan fingerprint density at radius 3 is 2.27 bits per heavy atom. The van der Waals surface area contributed by atoms with Gasteiger partial charge in [0.2, 0.25) is 5.91 Å². The summed E-state index contributed by atoms with van der Waals surface area (Å²) >= 11 is 0. The number of nitrogens with two attached hydrogens (primary N) is 1. The number of carbonyl (C=O) groups is 3. The third-order valence-electron chi connectivity index (χ3n) is 6.83. The molecule has 0 aliphatic carbocycles. The summed E-state index contributed by atoms with van der Waals surface area (Å²) in [5.74, 6) is -1.17. The molecule has 11 heteroatoms. The van der Waals surface area contributed by atoms with E-state index < -0.39 is 54.0 Å². The minimum atomic E-state index is -0.947. The van der Waals surface area contributed by atoms with E-state index in [0.717, 1.165) is 11.0 Å². The summed E-state index contributed by atoms with van der Waals surface area (Å²) in [6, 6.07) is 6.52. The first-order valence-corrected chi connectivity index (χ1v) is 12.7. The van der Waals surface area contributed by atoms with Gasteiger partial charge in [0.25, 0.3) is 5.91 Å². The molecular formula is C26H40BN3O7. The maximum Gasteiger partial charge on any atom is 0.494 e. The van der Waals surface area contributed by atoms with Crippen molar-refractivity contribution in [2.75, 3.05) is 19.7 Å². The van der Waals surface area contributed by atoms with Crippen molar-refractivity contribution in [3.8, 4) is 0 Å². The van der Waals surface area contributed by atoms with Crippen LogP contribution in [-0.4, -0.2) is 78.6 Å². The van der Waals surface area contributed by atoms with Crippen LogP contribution < -0.4 is 16.5 Å². The number of ether oxygens (including phenoxy) is 2. The number of rotatable bonds is 6. The summed E-state index contributed by atoms with van der Waals surface area (Å²) in [6.07, 6.45) is -0.683. The lowest BCUT2D eigenvalue weighted by Gasteiger charge is -2.32. The number of nitrogens with zero attached hydrogens (tertiary/aromatic N) is 1. The molecule has 204 valence electrons. The van der Waals surface area contributed by atoms with E-state index in [1.54, 1.807) is 20.8 Å². The van der Waals surface area contributed by atoms with Crippen LogP contribution >= 0.6 is 0 Å². The summed E-state index contributed by atoms with van der Waals surface area (Å²) < 4.78 is 23.3. The Morgan fingerprint density at radius 2 is 1.73 bits per heavy atom. The normalized spacial score (nSPS) is 22.2. The van der Waals surface area contributed by atoms with E-state index in [0.29, 0.717) is 19.6 Å². The van der Waals surface area contributed by atoms with Gasteiger partial charge in [-0.25, -0.2) is 4.79 Å². The van der Waals surface area contributed by atoms with Crippen molar-refractivity contribution in [1.82, 2.24) is 10.2 Å². The predicted molar refractivity (Wildman–Crippen MR) is 139 cm³/mol. The second-order valence-corrected chi connectivity index (χ2v) is 11.6. The van der Waals surface area contributed by atoms with Gasteiger partial charge in [-0.15, -0.1) is 0 Å². The molecule has 2 unspecified atom stereocenters. The molecule has 37 heavy (non-hydrogen) atoms. The number of amides is 3. The van der Waals surface area contributed by atoms with Crippen molar-refractivity contribution < 1.29 is 33.2 Å². The van der Waals surface area contributed by atoms with Gasteiger partial charge in [-0.1, -0.05) is 24.3 Å². The van der Waals surface area contributed by atoms with Gasteiger partial charge < -0.3 is 34.7 Å². The topological polar surface area (TPSA) is 129 Å². The Hall–Kier alpha value is -2.63. The van der Waals surface area contributed by atoms with Crippen LogP contribution in [0.15, 0.2) is 24.3 Å². The molecule has 1 aromatic carbocycles. The maximum absolute atomic E-state index is 13.0. The summed E-state index contributed by atoms with van der Waals surface area (Å²) in [7, 11) is -0.494. The molecule has 0 radical (unpaired) electrons. The van der Waals surface area contributed by atoms with E-state index in [9.17, 15) is 14.4 Å². The third kappa shape index (κ3) is 7.46. The number of benzene rings is 1. The smallest absolute Gasteiger partial charge is 0.444 e. The molecule has 0 bridgehead atoms. The first-order chi connectivity index (χ1) is 17.1. The van der Waals surface area contributed by atoms with Crippen LogP contribution in [0.1, 0.15) is 60.5 Å². The van der Waals surface area contributed by atoms with Gasteiger partial charge in [0.15, 0.2) is 6.10 Å². The van der Waals surface area contributed by atoms with Crippen molar-refractivity contribution in [2.24, 2.45) is 5.73 Å². The van der Waals surface area contributed by atoms with E-state index in [-0.39, 0.29) is 13.0 Å². The molecule has 0 aromatic heterocycles. The highest BCUT2D eigenvalue weighted by atomic mass is 16.7. The number of carbonyl (C=O) groups excluding carboxylic acids is 3. The minimum absolute atomic E-state index is 0.0228. The van der Waals surface area contributed by atoms with Crippen LogP contribution in [0.25, 0.3) is 0 Å². The molecule has 2 aliphatic rings. The number of hydrogen-bond acceptors (Lipinski definition) is 7. The Labute approximate surface area is 219 Å². The largest absolute Gasteiger partial charge is 0.494 e. The standard InChI is InChI=1S/C26H40BN3O7/c1-24(2,3)35-23(33)30-13-8-14-34-20(16-30)22(32)29-19(21(28)31)15-17-9-11-18(12-10-17)27-36-25(4,5)26(6,7)37-27/h9-12,19-20H,8,13-16H2,1-7H3,(H2,28,31)(H,29,32). The van der Waals surface area contributed by atoms with Gasteiger partial charge in [0, 0.05) is 19.6 Å². The molecule has 3 amide bonds. The zero-order valence-electron chi connectivity index (χ0n) is 23.0. The predicted octanol–water partition coefficient (Wildman–Crippen LogP) is 1.52. The molecule has 2 atom stereocenters. The summed E-state index contributed by atoms with van der Waals surface area (Å²) in [5, 5.41) is 2.69. The van der Waals surface area contributed by atoms with Gasteiger partial charge in [0.05, 0.1) is 17.7 Å². The minimum Gasteiger partial charge on any atom is -0.444 e. The van der Waals surface area contributed by atoms with E-state index in [2.05, 4.69) is 5.32 Å². The van der Waals surface area contributed by atoms with E-state index in [1.807, 2.05) is 52.0 Å². The first kappa shape index (κ1) is 28.9. The van der Waals surface area contributed by atoms with Crippen LogP contribution in [-0.2, 0) is 34.8 Å². The lowest BCUT2D eigenvalue weighted by molar-refractivity contribution is -0.136. The molecule has 3 N–H and O–H groups in total. The van der Waals surface area contributed by atoms with Crippen LogP contribution in [0.5, 0.6) is 0 Å². The summed E-state index contributed by atoms with van der Waals surface area (Å²) in [5.41, 5.74) is 5.72. The highest BCUT2D eigenvalue weighted by molar-refractivity contribution is 6.62. The molecular weight excluding hydrogens is 477 g/mol. The second kappa shape index (κ2) is 11.0. The highest BCUT2D eigenvalue weighted by Crippen LogP contribution is 2.36. The molecule has 1 aromatic rings. The first-order valence-electron chi connectivity index (χ1n) is 12.7. The van der Waals surface area contributed by atoms with Crippen LogP contribution in [0.2, 0.25) is 0 Å². The Morgan fingerprint density at radius 1 is 1.14 bits per heavy atom. The van der Waals surface area contributed by atoms with Crippen LogP contribution in [0.3, 0.4) is 0 Å². The molecule has 0 spiro atoms. The molecule has 10 nitrogen and oxygen atoms in total. The van der Waals surface area contributed by atoms with E-state index in [4.69, 9.17) is 24.5 Å². The van der Waals surface area contributed by atoms with Gasteiger partial charge in [-0.05, 0) is 65.9 Å².